The lowest BCUT2D eigenvalue weighted by Crippen LogP contribution is -2.23. The lowest BCUT2D eigenvalue weighted by molar-refractivity contribution is 0.303. The molecule has 0 aliphatic rings. The summed E-state index contributed by atoms with van der Waals surface area (Å²) in [5, 5.41) is 8.07. The van der Waals surface area contributed by atoms with Crippen LogP contribution in [-0.2, 0) is 13.0 Å². The second-order valence-electron chi connectivity index (χ2n) is 4.99. The predicted octanol–water partition coefficient (Wildman–Crippen LogP) is 3.23. The molecule has 0 spiro atoms. The summed E-state index contributed by atoms with van der Waals surface area (Å²) in [5.41, 5.74) is 0.267. The monoisotopic (exact) mass is 368 g/mol. The molecule has 1 unspecified atom stereocenters. The maximum atomic E-state index is 14.3. The number of nitrogens with zero attached hydrogens (tertiary/aromatic N) is 4. The van der Waals surface area contributed by atoms with Gasteiger partial charge in [0, 0.05) is 17.6 Å². The smallest absolute Gasteiger partial charge is 0.285 e. The van der Waals surface area contributed by atoms with Gasteiger partial charge in [-0.2, -0.15) is 10.1 Å². The van der Waals surface area contributed by atoms with Gasteiger partial charge >= 0.3 is 0 Å². The van der Waals surface area contributed by atoms with E-state index in [0.29, 0.717) is 5.02 Å². The van der Waals surface area contributed by atoms with E-state index in [-0.39, 0.29) is 29.7 Å². The Balaban J connectivity index is 1.71. The molecule has 6 nitrogen and oxygen atoms in total. The highest BCUT2D eigenvalue weighted by Gasteiger charge is 2.19. The van der Waals surface area contributed by atoms with Crippen LogP contribution in [0, 0.1) is 0 Å². The number of benzene rings is 1. The Morgan fingerprint density at radius 1 is 1.21 bits per heavy atom. The lowest BCUT2D eigenvalue weighted by Gasteiger charge is -2.03. The molecule has 124 valence electrons. The van der Waals surface area contributed by atoms with Crippen LogP contribution in [0.1, 0.15) is 23.5 Å². The van der Waals surface area contributed by atoms with Crippen molar-refractivity contribution in [3.63, 3.8) is 0 Å². The summed E-state index contributed by atoms with van der Waals surface area (Å²) in [4.78, 5) is 15.7. The van der Waals surface area contributed by atoms with Gasteiger partial charge in [0.25, 0.3) is 5.56 Å². The van der Waals surface area contributed by atoms with Crippen molar-refractivity contribution < 1.29 is 8.91 Å². The fourth-order valence-corrected chi connectivity index (χ4v) is 2.33. The van der Waals surface area contributed by atoms with Gasteiger partial charge in [0.2, 0.25) is 11.7 Å². The van der Waals surface area contributed by atoms with Gasteiger partial charge in [-0.3, -0.25) is 4.79 Å². The summed E-state index contributed by atoms with van der Waals surface area (Å²) in [7, 11) is 0. The van der Waals surface area contributed by atoms with Gasteiger partial charge in [-0.15, -0.1) is 0 Å². The molecule has 0 saturated heterocycles. The Labute approximate surface area is 145 Å². The molecule has 9 heteroatoms. The van der Waals surface area contributed by atoms with Crippen LogP contribution < -0.4 is 5.56 Å². The zero-order valence-electron chi connectivity index (χ0n) is 12.2. The average Bonchev–Trinajstić information content (AvgIpc) is 3.03. The van der Waals surface area contributed by atoms with Crippen molar-refractivity contribution in [1.29, 1.82) is 0 Å². The minimum Gasteiger partial charge on any atom is -0.337 e. The summed E-state index contributed by atoms with van der Waals surface area (Å²) in [6, 6.07) is 8.20. The molecule has 3 aromatic rings. The molecule has 3 rings (SSSR count). The van der Waals surface area contributed by atoms with Gasteiger partial charge in [-0.05, 0) is 23.8 Å². The molecule has 2 aromatic heterocycles. The standard InChI is InChI=1S/C15H11Cl2FN4O2/c16-10-3-1-9(2-4-10)7-12(18)14-20-13(24-21-14)8-22-15(23)11(17)5-6-19-22/h1-6,12H,7-8H2. The van der Waals surface area contributed by atoms with E-state index in [1.54, 1.807) is 24.3 Å². The van der Waals surface area contributed by atoms with E-state index < -0.39 is 11.7 Å². The molecule has 0 amide bonds. The molecule has 0 N–H and O–H groups in total. The van der Waals surface area contributed by atoms with Crippen LogP contribution in [-0.4, -0.2) is 19.9 Å². The summed E-state index contributed by atoms with van der Waals surface area (Å²) >= 11 is 11.5. The Hall–Kier alpha value is -2.25. The Bertz CT molecular complexity index is 895. The number of rotatable bonds is 5. The van der Waals surface area contributed by atoms with E-state index in [1.165, 1.54) is 12.3 Å². The quantitative estimate of drug-likeness (QED) is 0.690. The first-order valence-electron chi connectivity index (χ1n) is 6.95. The minimum absolute atomic E-state index is 0.0239. The highest BCUT2D eigenvalue weighted by Crippen LogP contribution is 2.21. The van der Waals surface area contributed by atoms with Gasteiger partial charge in [0.15, 0.2) is 6.17 Å². The summed E-state index contributed by atoms with van der Waals surface area (Å²) in [5.74, 6) is -0.0179. The van der Waals surface area contributed by atoms with Crippen molar-refractivity contribution in [2.24, 2.45) is 0 Å². The molecular formula is C15H11Cl2FN4O2. The van der Waals surface area contributed by atoms with Gasteiger partial charge in [0.1, 0.15) is 11.6 Å². The van der Waals surface area contributed by atoms with Crippen LogP contribution in [0.5, 0.6) is 0 Å². The Morgan fingerprint density at radius 3 is 2.71 bits per heavy atom. The Morgan fingerprint density at radius 2 is 1.96 bits per heavy atom. The molecule has 0 fully saturated rings. The normalized spacial score (nSPS) is 12.3. The van der Waals surface area contributed by atoms with Crippen LogP contribution in [0.4, 0.5) is 4.39 Å². The van der Waals surface area contributed by atoms with E-state index in [0.717, 1.165) is 10.2 Å². The first kappa shape index (κ1) is 16.6. The molecule has 24 heavy (non-hydrogen) atoms. The predicted molar refractivity (Wildman–Crippen MR) is 85.9 cm³/mol. The molecule has 0 aliphatic heterocycles. The maximum Gasteiger partial charge on any atom is 0.285 e. The third-order valence-corrected chi connectivity index (χ3v) is 3.78. The van der Waals surface area contributed by atoms with Crippen molar-refractivity contribution in [2.45, 2.75) is 19.1 Å². The van der Waals surface area contributed by atoms with E-state index in [2.05, 4.69) is 15.2 Å². The number of aromatic nitrogens is 4. The summed E-state index contributed by atoms with van der Waals surface area (Å²) in [6.45, 7) is -0.0833. The molecule has 1 atom stereocenters. The third kappa shape index (κ3) is 3.80. The van der Waals surface area contributed by atoms with Gasteiger partial charge in [-0.25, -0.2) is 9.07 Å². The number of alkyl halides is 1. The molecule has 2 heterocycles. The zero-order chi connectivity index (χ0) is 17.1. The van der Waals surface area contributed by atoms with Crippen molar-refractivity contribution >= 4 is 23.2 Å². The molecule has 1 aromatic carbocycles. The van der Waals surface area contributed by atoms with Crippen LogP contribution in [0.2, 0.25) is 10.0 Å². The van der Waals surface area contributed by atoms with E-state index in [9.17, 15) is 9.18 Å². The van der Waals surface area contributed by atoms with Gasteiger partial charge < -0.3 is 4.52 Å². The third-order valence-electron chi connectivity index (χ3n) is 3.24. The molecular weight excluding hydrogens is 358 g/mol. The van der Waals surface area contributed by atoms with Crippen molar-refractivity contribution in [3.05, 3.63) is 74.2 Å². The number of halogens is 3. The van der Waals surface area contributed by atoms with Crippen molar-refractivity contribution in [2.75, 3.05) is 0 Å². The van der Waals surface area contributed by atoms with Gasteiger partial charge in [0.05, 0.1) is 0 Å². The van der Waals surface area contributed by atoms with Crippen LogP contribution in [0.3, 0.4) is 0 Å². The molecule has 0 bridgehead atoms. The maximum absolute atomic E-state index is 14.3. The minimum atomic E-state index is -1.44. The number of hydrogen-bond acceptors (Lipinski definition) is 5. The fraction of sp³-hybridized carbons (Fsp3) is 0.200. The summed E-state index contributed by atoms with van der Waals surface area (Å²) in [6.07, 6.45) is 0.0260. The van der Waals surface area contributed by atoms with Crippen molar-refractivity contribution in [1.82, 2.24) is 19.9 Å². The number of hydrogen-bond donors (Lipinski definition) is 0. The zero-order valence-corrected chi connectivity index (χ0v) is 13.7. The van der Waals surface area contributed by atoms with Crippen molar-refractivity contribution in [3.8, 4) is 0 Å². The fourth-order valence-electron chi connectivity index (χ4n) is 2.05. The molecule has 0 radical (unpaired) electrons. The highest BCUT2D eigenvalue weighted by molar-refractivity contribution is 6.30. The summed E-state index contributed by atoms with van der Waals surface area (Å²) < 4.78 is 20.3. The first-order valence-corrected chi connectivity index (χ1v) is 7.71. The second kappa shape index (κ2) is 7.11. The van der Waals surface area contributed by atoms with Crippen LogP contribution >= 0.6 is 23.2 Å². The molecule has 0 saturated carbocycles. The topological polar surface area (TPSA) is 73.8 Å². The molecule has 0 aliphatic carbocycles. The van der Waals surface area contributed by atoms with E-state index >= 15 is 0 Å². The van der Waals surface area contributed by atoms with Gasteiger partial charge in [-0.1, -0.05) is 40.5 Å². The lowest BCUT2D eigenvalue weighted by atomic mass is 10.1. The Kier molecular flexibility index (Phi) is 4.92. The largest absolute Gasteiger partial charge is 0.337 e. The van der Waals surface area contributed by atoms with E-state index in [1.807, 2.05) is 0 Å². The second-order valence-corrected chi connectivity index (χ2v) is 5.83. The SMILES string of the molecule is O=c1c(Cl)ccnn1Cc1nc(C(F)Cc2ccc(Cl)cc2)no1. The highest BCUT2D eigenvalue weighted by atomic mass is 35.5. The van der Waals surface area contributed by atoms with Crippen LogP contribution in [0.25, 0.3) is 0 Å². The van der Waals surface area contributed by atoms with Crippen LogP contribution in [0.15, 0.2) is 45.8 Å². The first-order chi connectivity index (χ1) is 11.5. The van der Waals surface area contributed by atoms with E-state index in [4.69, 9.17) is 27.7 Å². The average molecular weight is 369 g/mol.